The molecule has 0 atom stereocenters. The van der Waals surface area contributed by atoms with Crippen molar-refractivity contribution in [3.8, 4) is 10.4 Å². The van der Waals surface area contributed by atoms with Crippen molar-refractivity contribution < 1.29 is 18.0 Å². The van der Waals surface area contributed by atoms with E-state index in [4.69, 9.17) is 0 Å². The average molecular weight is 482 g/mol. The zero-order valence-corrected chi connectivity index (χ0v) is 18.1. The number of benzene rings is 1. The highest BCUT2D eigenvalue weighted by Crippen LogP contribution is 2.33. The van der Waals surface area contributed by atoms with E-state index in [2.05, 4.69) is 15.3 Å². The summed E-state index contributed by atoms with van der Waals surface area (Å²) in [5.41, 5.74) is -0.138. The molecular formula is C20H14F3N3O2S3. The minimum absolute atomic E-state index is 0.00286. The van der Waals surface area contributed by atoms with Crippen molar-refractivity contribution in [3.05, 3.63) is 68.9 Å². The fourth-order valence-electron chi connectivity index (χ4n) is 2.89. The standard InChI is InChI=1S/C20H14F3N3O2S3/c21-20(22,23)11-3-1-4-12(7-11)24-16(27)10-29-9-15-25-18(28)17-13(8-31-19(17)26-15)14-5-2-6-30-14/h1-8H,9-10H2,(H,24,27)(H,25,26,28). The zero-order chi connectivity index (χ0) is 22.0. The van der Waals surface area contributed by atoms with Crippen molar-refractivity contribution in [2.75, 3.05) is 11.1 Å². The summed E-state index contributed by atoms with van der Waals surface area (Å²) in [6.07, 6.45) is -4.48. The number of carbonyl (C=O) groups excluding carboxylic acids is 1. The quantitative estimate of drug-likeness (QED) is 0.376. The second-order valence-electron chi connectivity index (χ2n) is 6.44. The molecule has 0 aliphatic rings. The summed E-state index contributed by atoms with van der Waals surface area (Å²) in [6, 6.07) is 8.32. The van der Waals surface area contributed by atoms with Crippen LogP contribution in [-0.4, -0.2) is 21.6 Å². The predicted octanol–water partition coefficient (Wildman–Crippen LogP) is 5.60. The van der Waals surface area contributed by atoms with Gasteiger partial charge in [-0.15, -0.1) is 34.4 Å². The van der Waals surface area contributed by atoms with Crippen LogP contribution in [0.25, 0.3) is 20.7 Å². The van der Waals surface area contributed by atoms with Crippen LogP contribution < -0.4 is 10.9 Å². The average Bonchev–Trinajstić information content (AvgIpc) is 3.37. The number of rotatable bonds is 6. The number of nitrogens with one attached hydrogen (secondary N) is 2. The maximum absolute atomic E-state index is 12.8. The van der Waals surface area contributed by atoms with E-state index < -0.39 is 17.6 Å². The largest absolute Gasteiger partial charge is 0.416 e. The van der Waals surface area contributed by atoms with Gasteiger partial charge in [-0.25, -0.2) is 4.98 Å². The van der Waals surface area contributed by atoms with Gasteiger partial charge in [0.15, 0.2) is 0 Å². The molecule has 0 fully saturated rings. The number of fused-ring (bicyclic) bond motifs is 1. The highest BCUT2D eigenvalue weighted by atomic mass is 32.2. The molecule has 4 rings (SSSR count). The molecule has 5 nitrogen and oxygen atoms in total. The lowest BCUT2D eigenvalue weighted by atomic mass is 10.2. The van der Waals surface area contributed by atoms with E-state index in [1.54, 1.807) is 11.3 Å². The van der Waals surface area contributed by atoms with Crippen molar-refractivity contribution in [3.63, 3.8) is 0 Å². The van der Waals surface area contributed by atoms with Gasteiger partial charge in [-0.2, -0.15) is 13.2 Å². The number of aromatic nitrogens is 2. The van der Waals surface area contributed by atoms with Gasteiger partial charge < -0.3 is 10.3 Å². The monoisotopic (exact) mass is 481 g/mol. The maximum Gasteiger partial charge on any atom is 0.416 e. The number of aromatic amines is 1. The molecule has 2 N–H and O–H groups in total. The van der Waals surface area contributed by atoms with E-state index in [1.807, 2.05) is 22.9 Å². The van der Waals surface area contributed by atoms with Crippen LogP contribution in [-0.2, 0) is 16.7 Å². The van der Waals surface area contributed by atoms with Gasteiger partial charge in [0, 0.05) is 21.5 Å². The topological polar surface area (TPSA) is 74.8 Å². The van der Waals surface area contributed by atoms with Crippen molar-refractivity contribution in [1.82, 2.24) is 9.97 Å². The second kappa shape index (κ2) is 8.85. The number of thioether (sulfide) groups is 1. The molecule has 0 bridgehead atoms. The first kappa shape index (κ1) is 21.6. The summed E-state index contributed by atoms with van der Waals surface area (Å²) >= 11 is 4.13. The van der Waals surface area contributed by atoms with E-state index in [-0.39, 0.29) is 22.8 Å². The van der Waals surface area contributed by atoms with E-state index in [0.717, 1.165) is 22.6 Å². The van der Waals surface area contributed by atoms with Gasteiger partial charge in [0.1, 0.15) is 10.7 Å². The van der Waals surface area contributed by atoms with Gasteiger partial charge >= 0.3 is 6.18 Å². The maximum atomic E-state index is 12.8. The zero-order valence-electron chi connectivity index (χ0n) is 15.7. The van der Waals surface area contributed by atoms with Crippen LogP contribution in [0, 0.1) is 0 Å². The summed E-state index contributed by atoms with van der Waals surface area (Å²) in [6.45, 7) is 0. The number of amides is 1. The Bertz CT molecular complexity index is 1280. The molecule has 0 unspecified atom stereocenters. The van der Waals surface area contributed by atoms with Gasteiger partial charge in [-0.05, 0) is 29.6 Å². The molecule has 11 heteroatoms. The van der Waals surface area contributed by atoms with Crippen LogP contribution in [0.1, 0.15) is 11.4 Å². The van der Waals surface area contributed by atoms with E-state index in [1.165, 1.54) is 35.2 Å². The third-order valence-corrected chi connectivity index (χ3v) is 6.94. The summed E-state index contributed by atoms with van der Waals surface area (Å²) in [4.78, 5) is 33.5. The summed E-state index contributed by atoms with van der Waals surface area (Å²) in [5, 5.41) is 6.84. The molecular weight excluding hydrogens is 467 g/mol. The fraction of sp³-hybridized carbons (Fsp3) is 0.150. The van der Waals surface area contributed by atoms with Gasteiger partial charge in [0.25, 0.3) is 5.56 Å². The Hall–Kier alpha value is -2.63. The number of carbonyl (C=O) groups is 1. The molecule has 0 radical (unpaired) electrons. The molecule has 1 amide bonds. The first-order valence-electron chi connectivity index (χ1n) is 8.90. The Morgan fingerprint density at radius 1 is 1.19 bits per heavy atom. The number of alkyl halides is 3. The number of thiophene rings is 2. The number of nitrogens with zero attached hydrogens (tertiary/aromatic N) is 1. The lowest BCUT2D eigenvalue weighted by Crippen LogP contribution is -2.16. The van der Waals surface area contributed by atoms with E-state index in [0.29, 0.717) is 16.0 Å². The molecule has 160 valence electrons. The van der Waals surface area contributed by atoms with Crippen LogP contribution in [0.4, 0.5) is 18.9 Å². The molecule has 4 aromatic rings. The summed E-state index contributed by atoms with van der Waals surface area (Å²) in [5.74, 6) is 0.286. The van der Waals surface area contributed by atoms with Crippen molar-refractivity contribution in [1.29, 1.82) is 0 Å². The van der Waals surface area contributed by atoms with Crippen LogP contribution >= 0.6 is 34.4 Å². The Kier molecular flexibility index (Phi) is 6.17. The normalized spacial score (nSPS) is 11.7. The number of halogens is 3. The van der Waals surface area contributed by atoms with E-state index >= 15 is 0 Å². The van der Waals surface area contributed by atoms with Crippen molar-refractivity contribution >= 4 is 56.2 Å². The van der Waals surface area contributed by atoms with Crippen LogP contribution in [0.5, 0.6) is 0 Å². The minimum atomic E-state index is -4.48. The third kappa shape index (κ3) is 5.00. The minimum Gasteiger partial charge on any atom is -0.325 e. The molecule has 3 heterocycles. The van der Waals surface area contributed by atoms with Crippen molar-refractivity contribution in [2.45, 2.75) is 11.9 Å². The Morgan fingerprint density at radius 2 is 2.03 bits per heavy atom. The summed E-state index contributed by atoms with van der Waals surface area (Å²) < 4.78 is 38.3. The summed E-state index contributed by atoms with van der Waals surface area (Å²) in [7, 11) is 0. The van der Waals surface area contributed by atoms with Crippen molar-refractivity contribution in [2.24, 2.45) is 0 Å². The molecule has 0 aliphatic heterocycles. The number of hydrogen-bond donors (Lipinski definition) is 2. The molecule has 0 aliphatic carbocycles. The Morgan fingerprint density at radius 3 is 2.77 bits per heavy atom. The SMILES string of the molecule is O=C(CSCc1nc2scc(-c3cccs3)c2c(=O)[nH]1)Nc1cccc(C(F)(F)F)c1. The third-order valence-electron chi connectivity index (χ3n) is 4.23. The molecule has 0 spiro atoms. The first-order chi connectivity index (χ1) is 14.8. The molecule has 0 saturated carbocycles. The van der Waals surface area contributed by atoms with Gasteiger partial charge in [0.2, 0.25) is 5.91 Å². The predicted molar refractivity (Wildman–Crippen MR) is 120 cm³/mol. The Labute approximate surface area is 186 Å². The highest BCUT2D eigenvalue weighted by molar-refractivity contribution is 7.99. The van der Waals surface area contributed by atoms with Gasteiger partial charge in [-0.3, -0.25) is 9.59 Å². The molecule has 3 aromatic heterocycles. The lowest BCUT2D eigenvalue weighted by molar-refractivity contribution is -0.137. The first-order valence-corrected chi connectivity index (χ1v) is 11.8. The van der Waals surface area contributed by atoms with Gasteiger partial charge in [0.05, 0.1) is 22.5 Å². The number of anilines is 1. The lowest BCUT2D eigenvalue weighted by Gasteiger charge is -2.09. The fourth-order valence-corrected chi connectivity index (χ4v) is 5.36. The van der Waals surface area contributed by atoms with E-state index in [9.17, 15) is 22.8 Å². The second-order valence-corrected chi connectivity index (χ2v) is 9.23. The number of hydrogen-bond acceptors (Lipinski definition) is 6. The van der Waals surface area contributed by atoms with Crippen LogP contribution in [0.2, 0.25) is 0 Å². The Balaban J connectivity index is 1.39. The number of H-pyrrole nitrogens is 1. The molecule has 1 aromatic carbocycles. The van der Waals surface area contributed by atoms with Crippen LogP contribution in [0.3, 0.4) is 0 Å². The highest BCUT2D eigenvalue weighted by Gasteiger charge is 2.30. The van der Waals surface area contributed by atoms with Crippen LogP contribution in [0.15, 0.2) is 52.0 Å². The van der Waals surface area contributed by atoms with Gasteiger partial charge in [-0.1, -0.05) is 12.1 Å². The smallest absolute Gasteiger partial charge is 0.325 e. The molecule has 31 heavy (non-hydrogen) atoms. The molecule has 0 saturated heterocycles.